The first-order valence-corrected chi connectivity index (χ1v) is 23.6. The number of nitrogens with zero attached hydrogens (tertiary/aromatic N) is 5. The Balaban J connectivity index is 0.831. The van der Waals surface area contributed by atoms with Crippen LogP contribution in [0.3, 0.4) is 0 Å². The number of rotatable bonds is 13. The Labute approximate surface area is 376 Å². The number of anilines is 1. The first kappa shape index (κ1) is 44.3. The van der Waals surface area contributed by atoms with Crippen LogP contribution >= 0.6 is 11.6 Å². The topological polar surface area (TPSA) is 157 Å². The third kappa shape index (κ3) is 9.91. The molecule has 8 rings (SSSR count). The first-order chi connectivity index (χ1) is 30.9. The Bertz CT molecular complexity index is 2910. The van der Waals surface area contributed by atoms with E-state index in [9.17, 15) is 18.0 Å². The van der Waals surface area contributed by atoms with Crippen LogP contribution in [0.2, 0.25) is 5.02 Å². The van der Waals surface area contributed by atoms with Gasteiger partial charge in [-0.25, -0.2) is 12.8 Å². The van der Waals surface area contributed by atoms with Crippen LogP contribution in [-0.4, -0.2) is 60.1 Å². The summed E-state index contributed by atoms with van der Waals surface area (Å²) < 4.78 is 55.4. The molecule has 2 aromatic heterocycles. The van der Waals surface area contributed by atoms with E-state index in [1.807, 2.05) is 24.3 Å². The Kier molecular flexibility index (Phi) is 13.3. The van der Waals surface area contributed by atoms with E-state index in [1.54, 1.807) is 80.8 Å². The molecule has 64 heavy (non-hydrogen) atoms. The molecule has 1 aliphatic carbocycles. The van der Waals surface area contributed by atoms with Gasteiger partial charge in [-0.05, 0) is 123 Å². The number of hydrogen-bond acceptors (Lipinski definition) is 10. The normalized spacial score (nSPS) is 16.9. The van der Waals surface area contributed by atoms with Gasteiger partial charge in [0, 0.05) is 61.0 Å². The number of hydrogen-bond donors (Lipinski definition) is 1. The number of aryl methyl sites for hydroxylation is 2. The van der Waals surface area contributed by atoms with Gasteiger partial charge in [-0.15, -0.1) is 10.2 Å². The number of pyridine rings is 1. The number of ether oxygens (including phenoxy) is 2. The molecular formula is C49H48ClFN6O6S. The summed E-state index contributed by atoms with van der Waals surface area (Å²) in [6.45, 7) is 3.12. The van der Waals surface area contributed by atoms with Crippen LogP contribution < -0.4 is 25.2 Å². The van der Waals surface area contributed by atoms with E-state index in [2.05, 4.69) is 20.4 Å². The molecule has 2 fully saturated rings. The number of aromatic nitrogens is 3. The molecule has 330 valence electrons. The van der Waals surface area contributed by atoms with Crippen LogP contribution in [0, 0.1) is 23.1 Å². The van der Waals surface area contributed by atoms with E-state index < -0.39 is 9.84 Å². The third-order valence-electron chi connectivity index (χ3n) is 12.3. The van der Waals surface area contributed by atoms with E-state index in [0.717, 1.165) is 58.0 Å². The van der Waals surface area contributed by atoms with Gasteiger partial charge in [0.15, 0.2) is 21.3 Å². The molecule has 12 nitrogen and oxygen atoms in total. The van der Waals surface area contributed by atoms with Gasteiger partial charge in [0.25, 0.3) is 11.5 Å². The Hall–Kier alpha value is -6.30. The maximum Gasteiger partial charge on any atom is 0.272 e. The SMILES string of the molecule is CCS(=O)(=O)c1ccc(Oc2ccc(CCC3CCN(c4ccc(C(=O)NC5CCC(Oc6ccc(C#N)c(Cl)c6)CC5)nn4)CC3)c(F)c2)c(-c2cn(C)c(=O)c3ccccc23)c1. The Morgan fingerprint density at radius 2 is 1.66 bits per heavy atom. The fourth-order valence-corrected chi connectivity index (χ4v) is 9.70. The number of nitriles is 1. The van der Waals surface area contributed by atoms with Crippen molar-refractivity contribution in [3.05, 3.63) is 135 Å². The minimum absolute atomic E-state index is 0.000112. The average Bonchev–Trinajstić information content (AvgIpc) is 3.31. The molecule has 3 heterocycles. The predicted molar refractivity (Wildman–Crippen MR) is 244 cm³/mol. The third-order valence-corrected chi connectivity index (χ3v) is 14.4. The molecular weight excluding hydrogens is 855 g/mol. The Morgan fingerprint density at radius 1 is 0.906 bits per heavy atom. The number of nitrogens with one attached hydrogen (secondary N) is 1. The van der Waals surface area contributed by atoms with Gasteiger partial charge in [0.1, 0.15) is 29.1 Å². The van der Waals surface area contributed by atoms with Crippen LogP contribution in [0.5, 0.6) is 17.2 Å². The van der Waals surface area contributed by atoms with Crippen molar-refractivity contribution >= 4 is 43.9 Å². The van der Waals surface area contributed by atoms with Crippen LogP contribution in [0.4, 0.5) is 10.2 Å². The number of amides is 1. The molecule has 15 heteroatoms. The summed E-state index contributed by atoms with van der Waals surface area (Å²) in [6.07, 6.45) is 7.91. The highest BCUT2D eigenvalue weighted by atomic mass is 35.5. The molecule has 1 saturated heterocycles. The van der Waals surface area contributed by atoms with Crippen LogP contribution in [0.25, 0.3) is 21.9 Å². The standard InChI is InChI=1S/C49H48ClFN6O6S/c1-3-64(60,61)38-18-20-46(41(28-38)42-30-56(2)49(59)40-7-5-4-6-39(40)42)63-37-14-10-32(44(51)27-37)9-8-31-22-24-57(25-23-31)47-21-19-45(54-55-47)48(58)53-34-12-16-35(17-13-34)62-36-15-11-33(29-52)43(50)26-36/h4-7,10-11,14-15,18-21,26-28,30-31,34-35H,3,8-9,12-13,16-17,22-25H2,1-2H3,(H,53,58). The number of halogens is 2. The quantitative estimate of drug-likeness (QED) is 0.119. The second-order valence-electron chi connectivity index (χ2n) is 16.5. The number of carbonyl (C=O) groups is 1. The molecule has 0 radical (unpaired) electrons. The van der Waals surface area contributed by atoms with Crippen molar-refractivity contribution in [1.82, 2.24) is 20.1 Å². The molecule has 0 bridgehead atoms. The highest BCUT2D eigenvalue weighted by Gasteiger charge is 2.26. The van der Waals surface area contributed by atoms with Gasteiger partial charge in [-0.1, -0.05) is 42.8 Å². The van der Waals surface area contributed by atoms with Crippen molar-refractivity contribution in [1.29, 1.82) is 5.26 Å². The lowest BCUT2D eigenvalue weighted by molar-refractivity contribution is 0.0888. The molecule has 4 aromatic carbocycles. The van der Waals surface area contributed by atoms with Crippen molar-refractivity contribution in [2.75, 3.05) is 23.7 Å². The fourth-order valence-electron chi connectivity index (χ4n) is 8.58. The van der Waals surface area contributed by atoms with E-state index in [4.69, 9.17) is 26.3 Å². The number of carbonyl (C=O) groups excluding carboxylic acids is 1. The maximum atomic E-state index is 15.7. The highest BCUT2D eigenvalue weighted by molar-refractivity contribution is 7.91. The fraction of sp³-hybridized carbons (Fsp3) is 0.327. The lowest BCUT2D eigenvalue weighted by Crippen LogP contribution is -2.40. The van der Waals surface area contributed by atoms with Gasteiger partial charge >= 0.3 is 0 Å². The van der Waals surface area contributed by atoms with E-state index in [0.29, 0.717) is 67.7 Å². The highest BCUT2D eigenvalue weighted by Crippen LogP contribution is 2.39. The van der Waals surface area contributed by atoms with Gasteiger partial charge < -0.3 is 24.3 Å². The van der Waals surface area contributed by atoms with Gasteiger partial charge in [0.05, 0.1) is 27.3 Å². The van der Waals surface area contributed by atoms with Crippen molar-refractivity contribution < 1.29 is 27.1 Å². The molecule has 1 saturated carbocycles. The van der Waals surface area contributed by atoms with Crippen molar-refractivity contribution in [3.8, 4) is 34.4 Å². The summed E-state index contributed by atoms with van der Waals surface area (Å²) in [6, 6.07) is 27.2. The molecule has 1 aliphatic heterocycles. The predicted octanol–water partition coefficient (Wildman–Crippen LogP) is 9.21. The average molecular weight is 903 g/mol. The second kappa shape index (κ2) is 19.2. The molecule has 0 atom stereocenters. The summed E-state index contributed by atoms with van der Waals surface area (Å²) in [4.78, 5) is 28.3. The maximum absolute atomic E-state index is 15.7. The minimum Gasteiger partial charge on any atom is -0.490 e. The lowest BCUT2D eigenvalue weighted by atomic mass is 9.90. The largest absolute Gasteiger partial charge is 0.490 e. The molecule has 1 N–H and O–H groups in total. The lowest BCUT2D eigenvalue weighted by Gasteiger charge is -2.32. The first-order valence-electron chi connectivity index (χ1n) is 21.6. The molecule has 2 aliphatic rings. The number of piperidine rings is 1. The smallest absolute Gasteiger partial charge is 0.272 e. The summed E-state index contributed by atoms with van der Waals surface area (Å²) in [7, 11) is -1.93. The molecule has 1 amide bonds. The second-order valence-corrected chi connectivity index (χ2v) is 19.2. The zero-order valence-corrected chi connectivity index (χ0v) is 37.2. The minimum atomic E-state index is -3.57. The summed E-state index contributed by atoms with van der Waals surface area (Å²) in [5, 5.41) is 22.3. The van der Waals surface area contributed by atoms with Crippen molar-refractivity contribution in [2.24, 2.45) is 13.0 Å². The summed E-state index contributed by atoms with van der Waals surface area (Å²) in [5.41, 5.74) is 2.15. The number of fused-ring (bicyclic) bond motifs is 1. The van der Waals surface area contributed by atoms with E-state index in [-0.39, 0.29) is 51.5 Å². The number of sulfone groups is 1. The molecule has 0 unspecified atom stereocenters. The van der Waals surface area contributed by atoms with Crippen molar-refractivity contribution in [2.45, 2.75) is 75.3 Å². The van der Waals surface area contributed by atoms with Crippen molar-refractivity contribution in [3.63, 3.8) is 0 Å². The summed E-state index contributed by atoms with van der Waals surface area (Å²) >= 11 is 6.15. The number of benzene rings is 4. The zero-order chi connectivity index (χ0) is 45.0. The molecule has 0 spiro atoms. The Morgan fingerprint density at radius 3 is 2.34 bits per heavy atom. The van der Waals surface area contributed by atoms with Crippen LogP contribution in [0.1, 0.15) is 73.5 Å². The zero-order valence-electron chi connectivity index (χ0n) is 35.6. The van der Waals surface area contributed by atoms with Crippen LogP contribution in [-0.2, 0) is 23.3 Å². The summed E-state index contributed by atoms with van der Waals surface area (Å²) in [5.74, 6) is 1.60. The van der Waals surface area contributed by atoms with Crippen LogP contribution in [0.15, 0.2) is 107 Å². The van der Waals surface area contributed by atoms with E-state index >= 15 is 4.39 Å². The van der Waals surface area contributed by atoms with Gasteiger partial charge in [0.2, 0.25) is 0 Å². The molecule has 6 aromatic rings. The van der Waals surface area contributed by atoms with Gasteiger partial charge in [-0.2, -0.15) is 5.26 Å². The van der Waals surface area contributed by atoms with Gasteiger partial charge in [-0.3, -0.25) is 9.59 Å². The van der Waals surface area contributed by atoms with E-state index in [1.165, 1.54) is 16.7 Å². The monoisotopic (exact) mass is 902 g/mol.